The molecule has 1 heterocycles. The number of hydrogen-bond acceptors (Lipinski definition) is 6. The lowest BCUT2D eigenvalue weighted by molar-refractivity contribution is 0.102. The van der Waals surface area contributed by atoms with Crippen LogP contribution >= 0.6 is 11.3 Å². The lowest BCUT2D eigenvalue weighted by Gasteiger charge is -2.06. The molecule has 1 aromatic heterocycles. The normalized spacial score (nSPS) is 9.85. The Balaban J connectivity index is 1.97. The molecule has 0 aliphatic rings. The van der Waals surface area contributed by atoms with Gasteiger partial charge >= 0.3 is 6.09 Å². The number of ether oxygens (including phenoxy) is 1. The maximum Gasteiger partial charge on any atom is 0.411 e. The molecule has 2 rings (SSSR count). The van der Waals surface area contributed by atoms with Crippen LogP contribution in [0.25, 0.3) is 0 Å². The van der Waals surface area contributed by atoms with E-state index in [1.54, 1.807) is 31.2 Å². The summed E-state index contributed by atoms with van der Waals surface area (Å²) in [6.45, 7) is 2.02. The minimum absolute atomic E-state index is 0.288. The van der Waals surface area contributed by atoms with Crippen LogP contribution in [0.4, 0.5) is 15.6 Å². The van der Waals surface area contributed by atoms with E-state index in [0.29, 0.717) is 23.0 Å². The quantitative estimate of drug-likeness (QED) is 0.902. The van der Waals surface area contributed by atoms with Gasteiger partial charge in [0.15, 0.2) is 0 Å². The molecule has 2 N–H and O–H groups in total. The summed E-state index contributed by atoms with van der Waals surface area (Å²) >= 11 is 1.24. The Morgan fingerprint density at radius 3 is 2.60 bits per heavy atom. The standard InChI is InChI=1S/C12H12N4O3S/c1-2-19-12(18)14-9-5-3-8(4-6-9)10(17)15-11-16-13-7-20-11/h3-7H,2H2,1H3,(H,14,18)(H,15,16,17). The summed E-state index contributed by atoms with van der Waals surface area (Å²) in [7, 11) is 0. The lowest BCUT2D eigenvalue weighted by atomic mass is 10.2. The molecular weight excluding hydrogens is 280 g/mol. The fourth-order valence-electron chi connectivity index (χ4n) is 1.39. The average Bonchev–Trinajstić information content (AvgIpc) is 2.92. The highest BCUT2D eigenvalue weighted by Gasteiger charge is 2.08. The molecule has 0 spiro atoms. The number of carbonyl (C=O) groups excluding carboxylic acids is 2. The number of hydrogen-bond donors (Lipinski definition) is 2. The summed E-state index contributed by atoms with van der Waals surface area (Å²) in [4.78, 5) is 23.1. The highest BCUT2D eigenvalue weighted by Crippen LogP contribution is 2.13. The number of rotatable bonds is 4. The molecular formula is C12H12N4O3S. The highest BCUT2D eigenvalue weighted by molar-refractivity contribution is 7.13. The topological polar surface area (TPSA) is 93.2 Å². The third kappa shape index (κ3) is 3.75. The highest BCUT2D eigenvalue weighted by atomic mass is 32.1. The van der Waals surface area contributed by atoms with E-state index in [0.717, 1.165) is 0 Å². The predicted octanol–water partition coefficient (Wildman–Crippen LogP) is 2.36. The number of carbonyl (C=O) groups is 2. The van der Waals surface area contributed by atoms with Crippen LogP contribution in [-0.2, 0) is 4.74 Å². The van der Waals surface area contributed by atoms with E-state index in [4.69, 9.17) is 4.74 Å². The minimum atomic E-state index is -0.529. The van der Waals surface area contributed by atoms with Crippen molar-refractivity contribution in [1.82, 2.24) is 10.2 Å². The lowest BCUT2D eigenvalue weighted by Crippen LogP contribution is -2.14. The largest absolute Gasteiger partial charge is 0.450 e. The first-order chi connectivity index (χ1) is 9.69. The van der Waals surface area contributed by atoms with Crippen LogP contribution in [-0.4, -0.2) is 28.8 Å². The second kappa shape index (κ2) is 6.62. The summed E-state index contributed by atoms with van der Waals surface area (Å²) in [6.07, 6.45) is -0.529. The fourth-order valence-corrected chi connectivity index (χ4v) is 1.83. The van der Waals surface area contributed by atoms with E-state index in [9.17, 15) is 9.59 Å². The van der Waals surface area contributed by atoms with Crippen molar-refractivity contribution in [3.63, 3.8) is 0 Å². The smallest absolute Gasteiger partial charge is 0.411 e. The zero-order valence-electron chi connectivity index (χ0n) is 10.6. The number of aromatic nitrogens is 2. The Kier molecular flexibility index (Phi) is 4.61. The second-order valence-electron chi connectivity index (χ2n) is 3.62. The molecule has 104 valence electrons. The molecule has 0 aliphatic carbocycles. The van der Waals surface area contributed by atoms with Crippen LogP contribution in [0.5, 0.6) is 0 Å². The number of nitrogens with zero attached hydrogens (tertiary/aromatic N) is 2. The maximum atomic E-state index is 11.9. The van der Waals surface area contributed by atoms with Gasteiger partial charge in [-0.05, 0) is 31.2 Å². The average molecular weight is 292 g/mol. The van der Waals surface area contributed by atoms with E-state index in [2.05, 4.69) is 20.8 Å². The molecule has 0 atom stereocenters. The van der Waals surface area contributed by atoms with Crippen molar-refractivity contribution in [3.05, 3.63) is 35.3 Å². The number of amides is 2. The van der Waals surface area contributed by atoms with Crippen LogP contribution < -0.4 is 10.6 Å². The third-order valence-electron chi connectivity index (χ3n) is 2.25. The summed E-state index contributed by atoms with van der Waals surface area (Å²) < 4.78 is 4.75. The summed E-state index contributed by atoms with van der Waals surface area (Å²) in [5.41, 5.74) is 2.53. The maximum absolute atomic E-state index is 11.9. The van der Waals surface area contributed by atoms with Gasteiger partial charge in [0.1, 0.15) is 5.51 Å². The minimum Gasteiger partial charge on any atom is -0.450 e. The molecule has 0 unspecified atom stereocenters. The molecule has 7 nitrogen and oxygen atoms in total. The molecule has 20 heavy (non-hydrogen) atoms. The molecule has 0 radical (unpaired) electrons. The number of nitrogens with one attached hydrogen (secondary N) is 2. The summed E-state index contributed by atoms with van der Waals surface area (Å²) in [5, 5.41) is 12.9. The molecule has 2 aromatic rings. The van der Waals surface area contributed by atoms with Crippen molar-refractivity contribution < 1.29 is 14.3 Å². The van der Waals surface area contributed by atoms with E-state index in [1.165, 1.54) is 16.8 Å². The SMILES string of the molecule is CCOC(=O)Nc1ccc(C(=O)Nc2nncs2)cc1. The van der Waals surface area contributed by atoms with Gasteiger partial charge in [0.05, 0.1) is 6.61 Å². The van der Waals surface area contributed by atoms with Crippen molar-refractivity contribution in [3.8, 4) is 0 Å². The Hall–Kier alpha value is -2.48. The predicted molar refractivity (Wildman–Crippen MR) is 74.9 cm³/mol. The number of anilines is 2. The monoisotopic (exact) mass is 292 g/mol. The van der Waals surface area contributed by atoms with Crippen LogP contribution in [0.3, 0.4) is 0 Å². The van der Waals surface area contributed by atoms with Gasteiger partial charge in [0, 0.05) is 11.3 Å². The summed E-state index contributed by atoms with van der Waals surface area (Å²) in [5.74, 6) is -0.288. The Morgan fingerprint density at radius 1 is 1.25 bits per heavy atom. The molecule has 0 aliphatic heterocycles. The Morgan fingerprint density at radius 2 is 2.00 bits per heavy atom. The van der Waals surface area contributed by atoms with Crippen LogP contribution in [0.15, 0.2) is 29.8 Å². The second-order valence-corrected chi connectivity index (χ2v) is 4.45. The van der Waals surface area contributed by atoms with Gasteiger partial charge < -0.3 is 4.74 Å². The van der Waals surface area contributed by atoms with E-state index < -0.39 is 6.09 Å². The van der Waals surface area contributed by atoms with Gasteiger partial charge in [-0.25, -0.2) is 4.79 Å². The third-order valence-corrected chi connectivity index (χ3v) is 2.86. The van der Waals surface area contributed by atoms with E-state index in [-0.39, 0.29) is 5.91 Å². The van der Waals surface area contributed by atoms with Gasteiger partial charge in [-0.2, -0.15) is 0 Å². The van der Waals surface area contributed by atoms with Crippen molar-refractivity contribution in [1.29, 1.82) is 0 Å². The Bertz CT molecular complexity index is 583. The molecule has 0 saturated carbocycles. The van der Waals surface area contributed by atoms with E-state index in [1.807, 2.05) is 0 Å². The molecule has 0 saturated heterocycles. The summed E-state index contributed by atoms with van der Waals surface area (Å²) in [6, 6.07) is 6.42. The Labute approximate surface area is 119 Å². The first-order valence-corrected chi connectivity index (χ1v) is 6.68. The van der Waals surface area contributed by atoms with Gasteiger partial charge in [0.2, 0.25) is 5.13 Å². The molecule has 1 aromatic carbocycles. The van der Waals surface area contributed by atoms with Crippen LogP contribution in [0.1, 0.15) is 17.3 Å². The van der Waals surface area contributed by atoms with Crippen molar-refractivity contribution in [2.45, 2.75) is 6.92 Å². The van der Waals surface area contributed by atoms with Crippen LogP contribution in [0.2, 0.25) is 0 Å². The first kappa shape index (κ1) is 13.9. The molecule has 0 fully saturated rings. The van der Waals surface area contributed by atoms with Gasteiger partial charge in [-0.1, -0.05) is 11.3 Å². The molecule has 2 amide bonds. The molecule has 0 bridgehead atoms. The van der Waals surface area contributed by atoms with Crippen molar-refractivity contribution in [2.75, 3.05) is 17.2 Å². The zero-order valence-corrected chi connectivity index (χ0v) is 11.4. The van der Waals surface area contributed by atoms with Crippen molar-refractivity contribution >= 4 is 34.2 Å². The van der Waals surface area contributed by atoms with Gasteiger partial charge in [0.25, 0.3) is 5.91 Å². The number of benzene rings is 1. The van der Waals surface area contributed by atoms with Crippen molar-refractivity contribution in [2.24, 2.45) is 0 Å². The van der Waals surface area contributed by atoms with E-state index >= 15 is 0 Å². The fraction of sp³-hybridized carbons (Fsp3) is 0.167. The van der Waals surface area contributed by atoms with Crippen LogP contribution in [0, 0.1) is 0 Å². The zero-order chi connectivity index (χ0) is 14.4. The van der Waals surface area contributed by atoms with Gasteiger partial charge in [-0.3, -0.25) is 15.4 Å². The first-order valence-electron chi connectivity index (χ1n) is 5.80. The molecule has 8 heteroatoms. The van der Waals surface area contributed by atoms with Gasteiger partial charge in [-0.15, -0.1) is 10.2 Å².